The van der Waals surface area contributed by atoms with E-state index in [0.29, 0.717) is 21.9 Å². The van der Waals surface area contributed by atoms with Crippen LogP contribution in [0.25, 0.3) is 21.9 Å². The lowest BCUT2D eigenvalue weighted by molar-refractivity contribution is 0.0691. The van der Waals surface area contributed by atoms with Crippen molar-refractivity contribution < 1.29 is 14.3 Å². The van der Waals surface area contributed by atoms with Crippen LogP contribution in [-0.2, 0) is 0 Å². The summed E-state index contributed by atoms with van der Waals surface area (Å²) >= 11 is 0. The number of aromatic carboxylic acids is 1. The second kappa shape index (κ2) is 4.86. The first-order valence-corrected chi connectivity index (χ1v) is 6.22. The monoisotopic (exact) mass is 283 g/mol. The van der Waals surface area contributed by atoms with Crippen molar-refractivity contribution in [3.8, 4) is 11.1 Å². The molecule has 5 heteroatoms. The van der Waals surface area contributed by atoms with Crippen LogP contribution in [0.1, 0.15) is 10.5 Å². The largest absolute Gasteiger partial charge is 0.477 e. The Bertz CT molecular complexity index is 898. The van der Waals surface area contributed by atoms with E-state index in [1.807, 2.05) is 0 Å². The minimum Gasteiger partial charge on any atom is -0.477 e. The molecule has 2 N–H and O–H groups in total. The van der Waals surface area contributed by atoms with Crippen LogP contribution >= 0.6 is 0 Å². The Kier molecular flexibility index (Phi) is 3.02. The Morgan fingerprint density at radius 2 is 1.62 bits per heavy atom. The van der Waals surface area contributed by atoms with Gasteiger partial charge in [0.15, 0.2) is 0 Å². The molecule has 0 saturated carbocycles. The van der Waals surface area contributed by atoms with Crippen molar-refractivity contribution in [2.75, 3.05) is 0 Å². The van der Waals surface area contributed by atoms with Gasteiger partial charge >= 0.3 is 5.97 Å². The standard InChI is InChI=1S/C16H10FNO3/c17-10-7-5-9(6-8-10)13-11-3-1-2-4-12(11)15(19)18-14(13)16(20)21/h1-8H,(H,18,19)(H,20,21). The quantitative estimate of drug-likeness (QED) is 0.759. The van der Waals surface area contributed by atoms with Gasteiger partial charge in [0.1, 0.15) is 11.5 Å². The molecule has 1 heterocycles. The number of rotatable bonds is 2. The lowest BCUT2D eigenvalue weighted by atomic mass is 9.97. The maximum absolute atomic E-state index is 13.1. The Labute approximate surface area is 118 Å². The number of halogens is 1. The zero-order valence-corrected chi connectivity index (χ0v) is 10.8. The maximum atomic E-state index is 13.1. The predicted molar refractivity (Wildman–Crippen MR) is 76.9 cm³/mol. The fourth-order valence-electron chi connectivity index (χ4n) is 2.35. The fourth-order valence-corrected chi connectivity index (χ4v) is 2.35. The first-order chi connectivity index (χ1) is 10.1. The number of aromatic amines is 1. The van der Waals surface area contributed by atoms with Gasteiger partial charge in [-0.25, -0.2) is 9.18 Å². The summed E-state index contributed by atoms with van der Waals surface area (Å²) in [6.07, 6.45) is 0. The van der Waals surface area contributed by atoms with Crippen molar-refractivity contribution >= 4 is 16.7 Å². The molecule has 0 fully saturated rings. The summed E-state index contributed by atoms with van der Waals surface area (Å²) in [5, 5.41) is 10.2. The first kappa shape index (κ1) is 13.1. The molecule has 0 aliphatic rings. The summed E-state index contributed by atoms with van der Waals surface area (Å²) in [6, 6.07) is 12.2. The summed E-state index contributed by atoms with van der Waals surface area (Å²) < 4.78 is 13.1. The third kappa shape index (κ3) is 2.18. The number of benzene rings is 2. The molecule has 4 nitrogen and oxygen atoms in total. The molecule has 0 bridgehead atoms. The van der Waals surface area contributed by atoms with Crippen LogP contribution in [0.4, 0.5) is 4.39 Å². The zero-order chi connectivity index (χ0) is 15.0. The average Bonchev–Trinajstić information content (AvgIpc) is 2.48. The van der Waals surface area contributed by atoms with Crippen LogP contribution in [0.3, 0.4) is 0 Å². The number of pyridine rings is 1. The van der Waals surface area contributed by atoms with E-state index in [4.69, 9.17) is 0 Å². The molecule has 104 valence electrons. The molecule has 21 heavy (non-hydrogen) atoms. The van der Waals surface area contributed by atoms with Gasteiger partial charge in [-0.05, 0) is 29.1 Å². The molecule has 0 unspecified atom stereocenters. The zero-order valence-electron chi connectivity index (χ0n) is 10.8. The highest BCUT2D eigenvalue weighted by atomic mass is 19.1. The highest BCUT2D eigenvalue weighted by Crippen LogP contribution is 2.29. The minimum atomic E-state index is -1.24. The Morgan fingerprint density at radius 3 is 2.24 bits per heavy atom. The van der Waals surface area contributed by atoms with E-state index in [2.05, 4.69) is 4.98 Å². The molecule has 0 saturated heterocycles. The number of H-pyrrole nitrogens is 1. The third-order valence-corrected chi connectivity index (χ3v) is 3.28. The van der Waals surface area contributed by atoms with E-state index in [1.165, 1.54) is 24.3 Å². The van der Waals surface area contributed by atoms with Crippen molar-refractivity contribution in [3.63, 3.8) is 0 Å². The van der Waals surface area contributed by atoms with Crippen molar-refractivity contribution in [2.24, 2.45) is 0 Å². The molecule has 3 aromatic rings. The van der Waals surface area contributed by atoms with Gasteiger partial charge in [0, 0.05) is 10.9 Å². The summed E-state index contributed by atoms with van der Waals surface area (Å²) in [6.45, 7) is 0. The molecule has 2 aromatic carbocycles. The second-order valence-electron chi connectivity index (χ2n) is 4.56. The number of aromatic nitrogens is 1. The molecule has 0 atom stereocenters. The molecule has 1 aromatic heterocycles. The van der Waals surface area contributed by atoms with Gasteiger partial charge < -0.3 is 10.1 Å². The van der Waals surface area contributed by atoms with Gasteiger partial charge in [0.2, 0.25) is 0 Å². The van der Waals surface area contributed by atoms with Crippen LogP contribution in [0.5, 0.6) is 0 Å². The average molecular weight is 283 g/mol. The molecular formula is C16H10FNO3. The molecule has 3 rings (SSSR count). The first-order valence-electron chi connectivity index (χ1n) is 6.22. The van der Waals surface area contributed by atoms with Gasteiger partial charge in [0.05, 0.1) is 0 Å². The van der Waals surface area contributed by atoms with E-state index < -0.39 is 17.3 Å². The highest BCUT2D eigenvalue weighted by Gasteiger charge is 2.17. The number of fused-ring (bicyclic) bond motifs is 1. The van der Waals surface area contributed by atoms with Gasteiger partial charge in [0.25, 0.3) is 5.56 Å². The van der Waals surface area contributed by atoms with E-state index >= 15 is 0 Å². The van der Waals surface area contributed by atoms with Gasteiger partial charge in [-0.1, -0.05) is 30.3 Å². The van der Waals surface area contributed by atoms with Crippen molar-refractivity contribution in [2.45, 2.75) is 0 Å². The van der Waals surface area contributed by atoms with Crippen LogP contribution < -0.4 is 5.56 Å². The number of carboxylic acid groups (broad SMARTS) is 1. The summed E-state index contributed by atoms with van der Waals surface area (Å²) in [7, 11) is 0. The van der Waals surface area contributed by atoms with Gasteiger partial charge in [-0.3, -0.25) is 4.79 Å². The number of carbonyl (C=O) groups is 1. The van der Waals surface area contributed by atoms with Crippen LogP contribution in [0, 0.1) is 5.82 Å². The molecule has 0 aliphatic heterocycles. The SMILES string of the molecule is O=C(O)c1[nH]c(=O)c2ccccc2c1-c1ccc(F)cc1. The van der Waals surface area contributed by atoms with Crippen LogP contribution in [-0.4, -0.2) is 16.1 Å². The van der Waals surface area contributed by atoms with Crippen molar-refractivity contribution in [3.05, 3.63) is 70.4 Å². The minimum absolute atomic E-state index is 0.203. The topological polar surface area (TPSA) is 70.2 Å². The Balaban J connectivity index is 2.46. The van der Waals surface area contributed by atoms with E-state index in [9.17, 15) is 19.1 Å². The summed E-state index contributed by atoms with van der Waals surface area (Å²) in [4.78, 5) is 25.8. The molecule has 0 radical (unpaired) electrons. The number of nitrogens with one attached hydrogen (secondary N) is 1. The lowest BCUT2D eigenvalue weighted by Crippen LogP contribution is -2.15. The highest BCUT2D eigenvalue weighted by molar-refractivity contribution is 6.05. The van der Waals surface area contributed by atoms with E-state index in [0.717, 1.165) is 0 Å². The van der Waals surface area contributed by atoms with E-state index in [-0.39, 0.29) is 5.69 Å². The molecule has 0 spiro atoms. The van der Waals surface area contributed by atoms with Gasteiger partial charge in [-0.2, -0.15) is 0 Å². The molecule has 0 aliphatic carbocycles. The fraction of sp³-hybridized carbons (Fsp3) is 0. The van der Waals surface area contributed by atoms with Crippen LogP contribution in [0.15, 0.2) is 53.3 Å². The predicted octanol–water partition coefficient (Wildman–Crippen LogP) is 3.03. The smallest absolute Gasteiger partial charge is 0.353 e. The second-order valence-corrected chi connectivity index (χ2v) is 4.56. The van der Waals surface area contributed by atoms with Crippen LogP contribution in [0.2, 0.25) is 0 Å². The lowest BCUT2D eigenvalue weighted by Gasteiger charge is -2.10. The number of hydrogen-bond donors (Lipinski definition) is 2. The molecule has 0 amide bonds. The van der Waals surface area contributed by atoms with E-state index in [1.54, 1.807) is 24.3 Å². The third-order valence-electron chi connectivity index (χ3n) is 3.28. The number of hydrogen-bond acceptors (Lipinski definition) is 2. The Morgan fingerprint density at radius 1 is 1.00 bits per heavy atom. The van der Waals surface area contributed by atoms with Gasteiger partial charge in [-0.15, -0.1) is 0 Å². The summed E-state index contributed by atoms with van der Waals surface area (Å²) in [5.41, 5.74) is 0.234. The Hall–Kier alpha value is -2.95. The van der Waals surface area contributed by atoms with Crippen molar-refractivity contribution in [1.82, 2.24) is 4.98 Å². The molecular weight excluding hydrogens is 273 g/mol. The normalized spacial score (nSPS) is 10.7. The maximum Gasteiger partial charge on any atom is 0.353 e. The van der Waals surface area contributed by atoms with Crippen molar-refractivity contribution in [1.29, 1.82) is 0 Å². The summed E-state index contributed by atoms with van der Waals surface area (Å²) in [5.74, 6) is -1.65. The number of carboxylic acids is 1.